The molecule has 224 valence electrons. The number of aliphatic hydroxyl groups excluding tert-OH is 1. The normalized spacial score (nSPS) is 15.9. The fraction of sp³-hybridized carbons (Fsp3) is 0.312. The summed E-state index contributed by atoms with van der Waals surface area (Å²) in [5.41, 5.74) is 4.70. The Balaban J connectivity index is 1.47. The SMILES string of the molecule is CCP(C)(=O)c1ccc(-c2nc(-c3cccc4[nH]c(C(O)Cc5ccccc5)nc34)c(C3CC3)n2C)c(OC(F)(F)F)c1. The third kappa shape index (κ3) is 5.86. The van der Waals surface area contributed by atoms with E-state index in [0.717, 1.165) is 35.2 Å². The van der Waals surface area contributed by atoms with Crippen molar-refractivity contribution in [3.8, 4) is 28.4 Å². The topological polar surface area (TPSA) is 93.0 Å². The highest BCUT2D eigenvalue weighted by atomic mass is 31.2. The van der Waals surface area contributed by atoms with Gasteiger partial charge in [0.2, 0.25) is 0 Å². The average Bonchev–Trinajstić information content (AvgIpc) is 3.60. The second-order valence-corrected chi connectivity index (χ2v) is 14.5. The first-order valence-electron chi connectivity index (χ1n) is 14.2. The molecule has 0 spiro atoms. The van der Waals surface area contributed by atoms with Crippen LogP contribution in [0.4, 0.5) is 13.2 Å². The van der Waals surface area contributed by atoms with Gasteiger partial charge in [0.1, 0.15) is 30.6 Å². The molecule has 0 radical (unpaired) electrons. The molecule has 0 aliphatic heterocycles. The third-order valence-electron chi connectivity index (χ3n) is 8.06. The number of nitrogens with one attached hydrogen (secondary N) is 1. The van der Waals surface area contributed by atoms with Gasteiger partial charge in [-0.15, -0.1) is 13.2 Å². The molecule has 6 rings (SSSR count). The zero-order valence-corrected chi connectivity index (χ0v) is 24.9. The zero-order chi connectivity index (χ0) is 30.5. The number of nitrogens with zero attached hydrogens (tertiary/aromatic N) is 3. The van der Waals surface area contributed by atoms with E-state index in [1.807, 2.05) is 53.1 Å². The van der Waals surface area contributed by atoms with E-state index in [4.69, 9.17) is 9.97 Å². The molecule has 43 heavy (non-hydrogen) atoms. The van der Waals surface area contributed by atoms with Crippen LogP contribution in [0, 0.1) is 0 Å². The van der Waals surface area contributed by atoms with Crippen LogP contribution in [0.3, 0.4) is 0 Å². The lowest BCUT2D eigenvalue weighted by Gasteiger charge is -2.17. The van der Waals surface area contributed by atoms with Gasteiger partial charge in [0.15, 0.2) is 0 Å². The Morgan fingerprint density at radius 3 is 2.49 bits per heavy atom. The fourth-order valence-electron chi connectivity index (χ4n) is 5.49. The maximum atomic E-state index is 13.6. The molecule has 1 saturated carbocycles. The summed E-state index contributed by atoms with van der Waals surface area (Å²) in [6, 6.07) is 19.6. The van der Waals surface area contributed by atoms with Crippen LogP contribution in [-0.2, 0) is 18.0 Å². The smallest absolute Gasteiger partial charge is 0.405 e. The number of hydrogen-bond acceptors (Lipinski definition) is 5. The minimum atomic E-state index is -4.94. The molecular formula is C32H32F3N4O3P. The number of aromatic amines is 1. The van der Waals surface area contributed by atoms with Crippen LogP contribution < -0.4 is 10.0 Å². The van der Waals surface area contributed by atoms with E-state index in [1.54, 1.807) is 26.7 Å². The molecule has 0 amide bonds. The highest BCUT2D eigenvalue weighted by Crippen LogP contribution is 2.48. The number of fused-ring (bicyclic) bond motifs is 1. The molecule has 1 aliphatic rings. The van der Waals surface area contributed by atoms with Crippen molar-refractivity contribution in [1.29, 1.82) is 0 Å². The first kappa shape index (κ1) is 29.2. The molecule has 5 aromatic rings. The lowest BCUT2D eigenvalue weighted by molar-refractivity contribution is -0.274. The van der Waals surface area contributed by atoms with Gasteiger partial charge in [0.05, 0.1) is 22.3 Å². The van der Waals surface area contributed by atoms with Crippen LogP contribution in [0.15, 0.2) is 66.7 Å². The van der Waals surface area contributed by atoms with Crippen molar-refractivity contribution in [3.05, 3.63) is 83.8 Å². The Morgan fingerprint density at radius 1 is 1.07 bits per heavy atom. The number of hydrogen-bond donors (Lipinski definition) is 2. The molecule has 11 heteroatoms. The summed E-state index contributed by atoms with van der Waals surface area (Å²) in [6.45, 7) is 3.30. The van der Waals surface area contributed by atoms with E-state index in [1.165, 1.54) is 12.1 Å². The lowest BCUT2D eigenvalue weighted by Crippen LogP contribution is -2.19. The number of alkyl halides is 3. The van der Waals surface area contributed by atoms with Gasteiger partial charge in [-0.05, 0) is 43.3 Å². The van der Waals surface area contributed by atoms with Crippen molar-refractivity contribution >= 4 is 23.5 Å². The zero-order valence-electron chi connectivity index (χ0n) is 24.0. The molecule has 3 aromatic carbocycles. The number of aliphatic hydroxyl groups is 1. The highest BCUT2D eigenvalue weighted by molar-refractivity contribution is 7.70. The maximum absolute atomic E-state index is 13.6. The largest absolute Gasteiger partial charge is 0.573 e. The van der Waals surface area contributed by atoms with Gasteiger partial charge in [-0.2, -0.15) is 0 Å². The molecule has 2 heterocycles. The van der Waals surface area contributed by atoms with Crippen molar-refractivity contribution in [2.24, 2.45) is 7.05 Å². The Labute approximate surface area is 247 Å². The monoisotopic (exact) mass is 608 g/mol. The predicted molar refractivity (Wildman–Crippen MR) is 161 cm³/mol. The summed E-state index contributed by atoms with van der Waals surface area (Å²) in [5, 5.41) is 11.3. The molecule has 0 saturated heterocycles. The molecule has 7 nitrogen and oxygen atoms in total. The van der Waals surface area contributed by atoms with Crippen LogP contribution in [-0.4, -0.2) is 43.8 Å². The van der Waals surface area contributed by atoms with Gasteiger partial charge in [-0.25, -0.2) is 9.97 Å². The number of rotatable bonds is 9. The number of ether oxygens (including phenoxy) is 1. The molecule has 1 fully saturated rings. The minimum absolute atomic E-state index is 0.154. The second-order valence-electron chi connectivity index (χ2n) is 11.2. The Bertz CT molecular complexity index is 1840. The second kappa shape index (κ2) is 11.0. The molecule has 0 bridgehead atoms. The van der Waals surface area contributed by atoms with Crippen LogP contribution >= 0.6 is 7.14 Å². The quantitative estimate of drug-likeness (QED) is 0.171. The fourth-order valence-corrected chi connectivity index (χ4v) is 6.64. The van der Waals surface area contributed by atoms with Crippen molar-refractivity contribution < 1.29 is 27.6 Å². The standard InChI is InChI=1S/C32H32F3N4O3P/c1-4-43(3,41)21-15-16-22(26(18-21)42-32(33,34)35)31-38-28(29(39(31)2)20-13-14-20)23-11-8-12-24-27(23)37-30(36-24)25(40)17-19-9-6-5-7-10-19/h5-12,15-16,18,20,25,40H,4,13-14,17H2,1-3H3,(H,36,37). The number of H-pyrrole nitrogens is 1. The predicted octanol–water partition coefficient (Wildman–Crippen LogP) is 7.32. The molecule has 2 N–H and O–H groups in total. The molecule has 1 aliphatic carbocycles. The first-order valence-corrected chi connectivity index (χ1v) is 16.5. The number of halogens is 3. The highest BCUT2D eigenvalue weighted by Gasteiger charge is 2.36. The summed E-state index contributed by atoms with van der Waals surface area (Å²) in [6.07, 6.45) is -3.23. The Morgan fingerprint density at radius 2 is 1.81 bits per heavy atom. The van der Waals surface area contributed by atoms with Crippen LogP contribution in [0.5, 0.6) is 5.75 Å². The Kier molecular flexibility index (Phi) is 7.47. The van der Waals surface area contributed by atoms with E-state index in [0.29, 0.717) is 40.7 Å². The lowest BCUT2D eigenvalue weighted by atomic mass is 10.1. The van der Waals surface area contributed by atoms with E-state index >= 15 is 0 Å². The summed E-state index contributed by atoms with van der Waals surface area (Å²) >= 11 is 0. The van der Waals surface area contributed by atoms with Gasteiger partial charge in [-0.1, -0.05) is 55.5 Å². The van der Waals surface area contributed by atoms with Crippen molar-refractivity contribution in [1.82, 2.24) is 19.5 Å². The third-order valence-corrected chi connectivity index (χ3v) is 10.6. The van der Waals surface area contributed by atoms with Crippen molar-refractivity contribution in [2.45, 2.75) is 44.6 Å². The van der Waals surface area contributed by atoms with Gasteiger partial charge in [-0.3, -0.25) is 0 Å². The summed E-state index contributed by atoms with van der Waals surface area (Å²) in [7, 11) is -1.07. The van der Waals surface area contributed by atoms with Crippen molar-refractivity contribution in [2.75, 3.05) is 12.8 Å². The first-order chi connectivity index (χ1) is 20.4. The van der Waals surface area contributed by atoms with Gasteiger partial charge in [0.25, 0.3) is 0 Å². The maximum Gasteiger partial charge on any atom is 0.573 e. The number of para-hydroxylation sites is 1. The Hall–Kier alpha value is -3.88. The van der Waals surface area contributed by atoms with Crippen LogP contribution in [0.2, 0.25) is 0 Å². The average molecular weight is 609 g/mol. The van der Waals surface area contributed by atoms with Crippen molar-refractivity contribution in [3.63, 3.8) is 0 Å². The van der Waals surface area contributed by atoms with E-state index in [9.17, 15) is 22.8 Å². The minimum Gasteiger partial charge on any atom is -0.405 e. The molecule has 2 atom stereocenters. The summed E-state index contributed by atoms with van der Waals surface area (Å²) in [5.74, 6) is 0.487. The number of benzene rings is 3. The van der Waals surface area contributed by atoms with Crippen LogP contribution in [0.25, 0.3) is 33.7 Å². The molecular weight excluding hydrogens is 576 g/mol. The van der Waals surface area contributed by atoms with Gasteiger partial charge < -0.3 is 24.0 Å². The summed E-state index contributed by atoms with van der Waals surface area (Å²) in [4.78, 5) is 12.9. The van der Waals surface area contributed by atoms with E-state index in [-0.39, 0.29) is 11.5 Å². The summed E-state index contributed by atoms with van der Waals surface area (Å²) < 4.78 is 60.1. The number of imidazole rings is 2. The number of aromatic nitrogens is 4. The van der Waals surface area contributed by atoms with Crippen LogP contribution in [0.1, 0.15) is 48.9 Å². The molecule has 2 unspecified atom stereocenters. The van der Waals surface area contributed by atoms with E-state index < -0.39 is 25.4 Å². The van der Waals surface area contributed by atoms with Gasteiger partial charge in [0, 0.05) is 42.1 Å². The molecule has 2 aromatic heterocycles. The van der Waals surface area contributed by atoms with E-state index in [2.05, 4.69) is 9.72 Å². The van der Waals surface area contributed by atoms with Gasteiger partial charge >= 0.3 is 6.36 Å².